The minimum Gasteiger partial charge on any atom is -0.492 e. The van der Waals surface area contributed by atoms with Gasteiger partial charge in [0.25, 0.3) is 0 Å². The lowest BCUT2D eigenvalue weighted by atomic mass is 9.72. The summed E-state index contributed by atoms with van der Waals surface area (Å²) in [5, 5.41) is 6.07. The number of carbonyl (C=O) groups is 1. The van der Waals surface area contributed by atoms with Crippen molar-refractivity contribution in [2.24, 2.45) is 0 Å². The Morgan fingerprint density at radius 2 is 1.78 bits per heavy atom. The van der Waals surface area contributed by atoms with Gasteiger partial charge in [0.1, 0.15) is 5.75 Å². The van der Waals surface area contributed by atoms with Crippen molar-refractivity contribution in [3.05, 3.63) is 60.2 Å². The van der Waals surface area contributed by atoms with Gasteiger partial charge in [-0.05, 0) is 43.9 Å². The lowest BCUT2D eigenvalue weighted by Crippen LogP contribution is -2.52. The van der Waals surface area contributed by atoms with Crippen molar-refractivity contribution in [3.8, 4) is 5.75 Å². The molecule has 0 unspecified atom stereocenters. The average molecular weight is 310 g/mol. The first-order valence-electron chi connectivity index (χ1n) is 8.10. The monoisotopic (exact) mass is 310 g/mol. The largest absolute Gasteiger partial charge is 0.492 e. The van der Waals surface area contributed by atoms with Crippen LogP contribution in [-0.4, -0.2) is 12.6 Å². The predicted octanol–water partition coefficient (Wildman–Crippen LogP) is 4.29. The second kappa shape index (κ2) is 6.73. The molecule has 4 nitrogen and oxygen atoms in total. The van der Waals surface area contributed by atoms with E-state index in [1.165, 1.54) is 5.56 Å². The molecular weight excluding hydrogens is 288 g/mol. The number of urea groups is 1. The molecule has 0 aromatic heterocycles. The third-order valence-electron chi connectivity index (χ3n) is 4.32. The summed E-state index contributed by atoms with van der Waals surface area (Å²) < 4.78 is 5.55. The van der Waals surface area contributed by atoms with Gasteiger partial charge in [-0.15, -0.1) is 0 Å². The Balaban J connectivity index is 1.72. The number of benzene rings is 2. The molecule has 2 N–H and O–H groups in total. The maximum absolute atomic E-state index is 12.5. The van der Waals surface area contributed by atoms with Crippen LogP contribution in [0.4, 0.5) is 10.5 Å². The third-order valence-corrected chi connectivity index (χ3v) is 4.32. The van der Waals surface area contributed by atoms with Crippen molar-refractivity contribution >= 4 is 11.7 Å². The highest BCUT2D eigenvalue weighted by Gasteiger charge is 2.39. The second-order valence-electron chi connectivity index (χ2n) is 5.81. The topological polar surface area (TPSA) is 50.4 Å². The summed E-state index contributed by atoms with van der Waals surface area (Å²) in [6, 6.07) is 17.5. The average Bonchev–Trinajstić information content (AvgIpc) is 2.54. The first kappa shape index (κ1) is 15.4. The van der Waals surface area contributed by atoms with Gasteiger partial charge in [0.15, 0.2) is 0 Å². The lowest BCUT2D eigenvalue weighted by Gasteiger charge is -2.43. The molecule has 120 valence electrons. The number of carbonyl (C=O) groups excluding carboxylic acids is 1. The van der Waals surface area contributed by atoms with E-state index < -0.39 is 0 Å². The Labute approximate surface area is 136 Å². The zero-order chi connectivity index (χ0) is 16.1. The minimum absolute atomic E-state index is 0.194. The van der Waals surface area contributed by atoms with Crippen LogP contribution >= 0.6 is 0 Å². The molecule has 1 aliphatic rings. The van der Waals surface area contributed by atoms with Crippen LogP contribution in [0.2, 0.25) is 0 Å². The van der Waals surface area contributed by atoms with Crippen LogP contribution in [0.5, 0.6) is 5.75 Å². The van der Waals surface area contributed by atoms with Crippen molar-refractivity contribution in [2.45, 2.75) is 31.7 Å². The SMILES string of the molecule is CCOc1ccccc1NC(=O)NC1(c2ccccc2)CCC1. The maximum atomic E-state index is 12.5. The number of amides is 2. The van der Waals surface area contributed by atoms with Crippen molar-refractivity contribution in [3.63, 3.8) is 0 Å². The smallest absolute Gasteiger partial charge is 0.320 e. The van der Waals surface area contributed by atoms with E-state index in [2.05, 4.69) is 22.8 Å². The van der Waals surface area contributed by atoms with Gasteiger partial charge in [-0.2, -0.15) is 0 Å². The molecule has 0 bridgehead atoms. The highest BCUT2D eigenvalue weighted by atomic mass is 16.5. The molecule has 1 saturated carbocycles. The summed E-state index contributed by atoms with van der Waals surface area (Å²) >= 11 is 0. The molecule has 2 aromatic rings. The molecule has 23 heavy (non-hydrogen) atoms. The Kier molecular flexibility index (Phi) is 4.51. The molecule has 0 spiro atoms. The van der Waals surface area contributed by atoms with Crippen molar-refractivity contribution in [1.82, 2.24) is 5.32 Å². The molecule has 2 aromatic carbocycles. The molecule has 1 fully saturated rings. The van der Waals surface area contributed by atoms with E-state index in [0.29, 0.717) is 18.0 Å². The Bertz CT molecular complexity index is 666. The molecular formula is C19H22N2O2. The summed E-state index contributed by atoms with van der Waals surface area (Å²) in [5.41, 5.74) is 1.61. The molecule has 4 heteroatoms. The normalized spacial score (nSPS) is 15.3. The molecule has 0 atom stereocenters. The molecule has 0 radical (unpaired) electrons. The van der Waals surface area contributed by atoms with Gasteiger partial charge in [0, 0.05) is 0 Å². The van der Waals surface area contributed by atoms with Crippen LogP contribution in [0, 0.1) is 0 Å². The van der Waals surface area contributed by atoms with E-state index in [1.54, 1.807) is 0 Å². The van der Waals surface area contributed by atoms with Gasteiger partial charge in [-0.3, -0.25) is 0 Å². The Morgan fingerprint density at radius 3 is 2.43 bits per heavy atom. The highest BCUT2D eigenvalue weighted by molar-refractivity contribution is 5.91. The van der Waals surface area contributed by atoms with Crippen LogP contribution in [0.25, 0.3) is 0 Å². The summed E-state index contributed by atoms with van der Waals surface area (Å²) in [6.45, 7) is 2.49. The van der Waals surface area contributed by atoms with Crippen LogP contribution in [0.1, 0.15) is 31.7 Å². The number of anilines is 1. The molecule has 3 rings (SSSR count). The van der Waals surface area contributed by atoms with E-state index in [9.17, 15) is 4.79 Å². The van der Waals surface area contributed by atoms with E-state index >= 15 is 0 Å². The number of para-hydroxylation sites is 2. The number of nitrogens with one attached hydrogen (secondary N) is 2. The molecule has 1 aliphatic carbocycles. The van der Waals surface area contributed by atoms with Crippen molar-refractivity contribution < 1.29 is 9.53 Å². The number of rotatable bonds is 5. The van der Waals surface area contributed by atoms with Crippen LogP contribution in [0.3, 0.4) is 0 Å². The van der Waals surface area contributed by atoms with E-state index in [1.807, 2.05) is 49.4 Å². The first-order valence-corrected chi connectivity index (χ1v) is 8.10. The Morgan fingerprint density at radius 1 is 1.09 bits per heavy atom. The van der Waals surface area contributed by atoms with E-state index in [4.69, 9.17) is 4.74 Å². The fourth-order valence-electron chi connectivity index (χ4n) is 3.00. The predicted molar refractivity (Wildman–Crippen MR) is 91.7 cm³/mol. The Hall–Kier alpha value is -2.49. The van der Waals surface area contributed by atoms with Gasteiger partial charge in [-0.25, -0.2) is 4.79 Å². The van der Waals surface area contributed by atoms with Crippen LogP contribution < -0.4 is 15.4 Å². The molecule has 0 heterocycles. The minimum atomic E-state index is -0.244. The molecule has 0 saturated heterocycles. The quantitative estimate of drug-likeness (QED) is 0.865. The van der Waals surface area contributed by atoms with E-state index in [-0.39, 0.29) is 11.6 Å². The molecule has 0 aliphatic heterocycles. The summed E-state index contributed by atoms with van der Waals surface area (Å²) in [7, 11) is 0. The summed E-state index contributed by atoms with van der Waals surface area (Å²) in [4.78, 5) is 12.5. The van der Waals surface area contributed by atoms with E-state index in [0.717, 1.165) is 19.3 Å². The first-order chi connectivity index (χ1) is 11.2. The van der Waals surface area contributed by atoms with Gasteiger partial charge < -0.3 is 15.4 Å². The number of ether oxygens (including phenoxy) is 1. The van der Waals surface area contributed by atoms with Crippen LogP contribution in [0.15, 0.2) is 54.6 Å². The summed E-state index contributed by atoms with van der Waals surface area (Å²) in [5.74, 6) is 0.688. The fraction of sp³-hybridized carbons (Fsp3) is 0.316. The van der Waals surface area contributed by atoms with Crippen LogP contribution in [-0.2, 0) is 5.54 Å². The second-order valence-corrected chi connectivity index (χ2v) is 5.81. The number of hydrogen-bond donors (Lipinski definition) is 2. The van der Waals surface area contributed by atoms with Crippen molar-refractivity contribution in [1.29, 1.82) is 0 Å². The van der Waals surface area contributed by atoms with Crippen molar-refractivity contribution in [2.75, 3.05) is 11.9 Å². The van der Waals surface area contributed by atoms with Gasteiger partial charge in [0.05, 0.1) is 17.8 Å². The van der Waals surface area contributed by atoms with Gasteiger partial charge in [-0.1, -0.05) is 42.5 Å². The van der Waals surface area contributed by atoms with Gasteiger partial charge in [0.2, 0.25) is 0 Å². The third kappa shape index (κ3) is 3.31. The standard InChI is InChI=1S/C19H22N2O2/c1-2-23-17-12-7-6-11-16(17)20-18(22)21-19(13-8-14-19)15-9-4-3-5-10-15/h3-7,9-12H,2,8,13-14H2,1H3,(H2,20,21,22). The maximum Gasteiger partial charge on any atom is 0.320 e. The highest BCUT2D eigenvalue weighted by Crippen LogP contribution is 2.41. The number of hydrogen-bond acceptors (Lipinski definition) is 2. The molecule has 2 amide bonds. The zero-order valence-corrected chi connectivity index (χ0v) is 13.3. The zero-order valence-electron chi connectivity index (χ0n) is 13.3. The lowest BCUT2D eigenvalue weighted by molar-refractivity contribution is 0.185. The van der Waals surface area contributed by atoms with Gasteiger partial charge >= 0.3 is 6.03 Å². The summed E-state index contributed by atoms with van der Waals surface area (Å²) in [6.07, 6.45) is 3.07. The fourth-order valence-corrected chi connectivity index (χ4v) is 3.00.